The number of rotatable bonds is 7. The van der Waals surface area contributed by atoms with Crippen molar-refractivity contribution >= 4 is 44.9 Å². The number of nitrogens with one attached hydrogen (secondary N) is 2. The molecule has 2 N–H and O–H groups in total. The van der Waals surface area contributed by atoms with E-state index in [2.05, 4.69) is 10.3 Å². The predicted octanol–water partition coefficient (Wildman–Crippen LogP) is 3.26. The Hall–Kier alpha value is -2.03. The lowest BCUT2D eigenvalue weighted by Gasteiger charge is -2.12. The molecule has 8 heteroatoms. The average molecular weight is 394 g/mol. The summed E-state index contributed by atoms with van der Waals surface area (Å²) < 4.78 is 25.8. The van der Waals surface area contributed by atoms with Crippen LogP contribution in [0.15, 0.2) is 53.4 Å². The Morgan fingerprint density at radius 3 is 2.65 bits per heavy atom. The highest BCUT2D eigenvalue weighted by Gasteiger charge is 2.14. The highest BCUT2D eigenvalue weighted by molar-refractivity contribution is 7.99. The molecular formula is C18H18F2N3OS2+. The van der Waals surface area contributed by atoms with Gasteiger partial charge in [0.15, 0.2) is 6.54 Å². The Morgan fingerprint density at radius 1 is 1.23 bits per heavy atom. The van der Waals surface area contributed by atoms with E-state index in [-0.39, 0.29) is 5.91 Å². The van der Waals surface area contributed by atoms with E-state index in [1.54, 1.807) is 35.6 Å². The zero-order chi connectivity index (χ0) is 18.5. The standard InChI is InChI=1S/C18H17F2N3OS2/c1-23(11-17-22-14-4-2-3-5-15(14)26-17)10-16(24)21-12-6-8-13(9-7-12)25-18(19)20/h2-9,18H,10-11H2,1H3,(H,21,24)/p+1. The molecule has 26 heavy (non-hydrogen) atoms. The minimum absolute atomic E-state index is 0.127. The number of thioether (sulfide) groups is 1. The van der Waals surface area contributed by atoms with Crippen molar-refractivity contribution in [1.29, 1.82) is 0 Å². The lowest BCUT2D eigenvalue weighted by molar-refractivity contribution is -0.885. The number of benzene rings is 2. The van der Waals surface area contributed by atoms with Gasteiger partial charge in [-0.15, -0.1) is 11.3 Å². The van der Waals surface area contributed by atoms with Crippen LogP contribution in [0, 0.1) is 0 Å². The van der Waals surface area contributed by atoms with E-state index in [1.807, 2.05) is 31.3 Å². The summed E-state index contributed by atoms with van der Waals surface area (Å²) in [5.41, 5.74) is 1.58. The molecule has 0 spiro atoms. The number of hydrogen-bond acceptors (Lipinski definition) is 4. The van der Waals surface area contributed by atoms with Crippen molar-refractivity contribution in [1.82, 2.24) is 4.98 Å². The molecule has 2 aromatic carbocycles. The fourth-order valence-corrected chi connectivity index (χ4v) is 4.10. The number of carbonyl (C=O) groups is 1. The number of likely N-dealkylation sites (N-methyl/N-ethyl adjacent to an activating group) is 1. The molecule has 0 aliphatic rings. The van der Waals surface area contributed by atoms with Crippen LogP contribution in [0.1, 0.15) is 5.01 Å². The second kappa shape index (κ2) is 8.57. The Morgan fingerprint density at radius 2 is 1.96 bits per heavy atom. The first-order valence-corrected chi connectivity index (χ1v) is 9.69. The molecule has 0 aliphatic heterocycles. The van der Waals surface area contributed by atoms with Gasteiger partial charge in [0.05, 0.1) is 17.3 Å². The van der Waals surface area contributed by atoms with E-state index < -0.39 is 5.76 Å². The van der Waals surface area contributed by atoms with Gasteiger partial charge in [-0.25, -0.2) is 4.98 Å². The normalized spacial score (nSPS) is 12.5. The second-order valence-electron chi connectivity index (χ2n) is 5.84. The first kappa shape index (κ1) is 18.8. The van der Waals surface area contributed by atoms with Gasteiger partial charge in [0.1, 0.15) is 11.6 Å². The maximum Gasteiger partial charge on any atom is 0.288 e. The van der Waals surface area contributed by atoms with Crippen LogP contribution in [0.4, 0.5) is 14.5 Å². The Balaban J connectivity index is 1.52. The largest absolute Gasteiger partial charge is 0.324 e. The summed E-state index contributed by atoms with van der Waals surface area (Å²) >= 11 is 2.12. The van der Waals surface area contributed by atoms with E-state index in [4.69, 9.17) is 0 Å². The number of hydrogen-bond donors (Lipinski definition) is 2. The fraction of sp³-hybridized carbons (Fsp3) is 0.222. The summed E-state index contributed by atoms with van der Waals surface area (Å²) in [5, 5.41) is 3.78. The smallest absolute Gasteiger partial charge is 0.288 e. The second-order valence-corrected chi connectivity index (χ2v) is 8.02. The SMILES string of the molecule is C[NH+](CC(=O)Nc1ccc(SC(F)F)cc1)Cc1nc2ccccc2s1. The molecule has 0 bridgehead atoms. The minimum atomic E-state index is -2.45. The van der Waals surface area contributed by atoms with Gasteiger partial charge in [0, 0.05) is 10.6 Å². The number of anilines is 1. The van der Waals surface area contributed by atoms with Crippen molar-refractivity contribution in [2.45, 2.75) is 17.2 Å². The Bertz CT molecular complexity index is 851. The maximum atomic E-state index is 12.3. The Kier molecular flexibility index (Phi) is 6.18. The summed E-state index contributed by atoms with van der Waals surface area (Å²) in [7, 11) is 1.94. The lowest BCUT2D eigenvalue weighted by Crippen LogP contribution is -3.08. The van der Waals surface area contributed by atoms with Crippen LogP contribution in [0.5, 0.6) is 0 Å². The van der Waals surface area contributed by atoms with Gasteiger partial charge < -0.3 is 10.2 Å². The van der Waals surface area contributed by atoms with Gasteiger partial charge in [-0.05, 0) is 36.4 Å². The maximum absolute atomic E-state index is 12.3. The molecule has 0 saturated heterocycles. The number of carbonyl (C=O) groups excluding carboxylic acids is 1. The van der Waals surface area contributed by atoms with Crippen molar-refractivity contribution < 1.29 is 18.5 Å². The quantitative estimate of drug-likeness (QED) is 0.605. The third-order valence-electron chi connectivity index (χ3n) is 3.62. The van der Waals surface area contributed by atoms with Gasteiger partial charge in [-0.1, -0.05) is 23.9 Å². The summed E-state index contributed by atoms with van der Waals surface area (Å²) in [6.07, 6.45) is 0. The molecule has 0 fully saturated rings. The van der Waals surface area contributed by atoms with E-state index in [9.17, 15) is 13.6 Å². The van der Waals surface area contributed by atoms with E-state index in [1.165, 1.54) is 0 Å². The zero-order valence-corrected chi connectivity index (χ0v) is 15.7. The van der Waals surface area contributed by atoms with Crippen LogP contribution in [0.2, 0.25) is 0 Å². The molecule has 136 valence electrons. The van der Waals surface area contributed by atoms with Crippen LogP contribution in [0.25, 0.3) is 10.2 Å². The monoisotopic (exact) mass is 394 g/mol. The molecule has 1 aromatic heterocycles. The average Bonchev–Trinajstić information content (AvgIpc) is 2.98. The lowest BCUT2D eigenvalue weighted by atomic mass is 10.3. The molecule has 0 saturated carbocycles. The molecule has 3 aromatic rings. The van der Waals surface area contributed by atoms with Gasteiger partial charge in [-0.2, -0.15) is 8.78 Å². The van der Waals surface area contributed by atoms with Gasteiger partial charge in [-0.3, -0.25) is 4.79 Å². The number of amides is 1. The number of thiazole rings is 1. The van der Waals surface area contributed by atoms with Crippen LogP contribution < -0.4 is 10.2 Å². The number of halogens is 2. The van der Waals surface area contributed by atoms with Crippen molar-refractivity contribution in [3.63, 3.8) is 0 Å². The highest BCUT2D eigenvalue weighted by atomic mass is 32.2. The van der Waals surface area contributed by atoms with Crippen LogP contribution in [-0.4, -0.2) is 30.2 Å². The predicted molar refractivity (Wildman–Crippen MR) is 102 cm³/mol. The number of aromatic nitrogens is 1. The molecule has 1 amide bonds. The molecule has 0 radical (unpaired) electrons. The number of alkyl halides is 2. The Labute approximate surface area is 158 Å². The molecular weight excluding hydrogens is 376 g/mol. The van der Waals surface area contributed by atoms with Crippen molar-refractivity contribution in [3.05, 3.63) is 53.5 Å². The van der Waals surface area contributed by atoms with Gasteiger partial charge in [0.25, 0.3) is 11.7 Å². The number of para-hydroxylation sites is 1. The summed E-state index contributed by atoms with van der Waals surface area (Å²) in [4.78, 5) is 18.2. The van der Waals surface area contributed by atoms with Crippen LogP contribution in [0.3, 0.4) is 0 Å². The summed E-state index contributed by atoms with van der Waals surface area (Å²) in [6.45, 7) is 0.959. The molecule has 4 nitrogen and oxygen atoms in total. The molecule has 1 unspecified atom stereocenters. The minimum Gasteiger partial charge on any atom is -0.324 e. The first-order valence-electron chi connectivity index (χ1n) is 8.00. The molecule has 0 aliphatic carbocycles. The topological polar surface area (TPSA) is 46.4 Å². The zero-order valence-electron chi connectivity index (χ0n) is 14.0. The van der Waals surface area contributed by atoms with Gasteiger partial charge >= 0.3 is 0 Å². The summed E-state index contributed by atoms with van der Waals surface area (Å²) in [6, 6.07) is 14.4. The third kappa shape index (κ3) is 5.23. The third-order valence-corrected chi connectivity index (χ3v) is 5.38. The van der Waals surface area contributed by atoms with Gasteiger partial charge in [0.2, 0.25) is 0 Å². The van der Waals surface area contributed by atoms with Crippen LogP contribution >= 0.6 is 23.1 Å². The highest BCUT2D eigenvalue weighted by Crippen LogP contribution is 2.26. The molecule has 1 atom stereocenters. The number of nitrogens with zero attached hydrogens (tertiary/aromatic N) is 1. The van der Waals surface area contributed by atoms with E-state index in [0.717, 1.165) is 20.1 Å². The number of quaternary nitrogens is 1. The summed E-state index contributed by atoms with van der Waals surface area (Å²) in [5.74, 6) is -2.58. The fourth-order valence-electron chi connectivity index (χ4n) is 2.52. The first-order chi connectivity index (χ1) is 12.5. The number of fused-ring (bicyclic) bond motifs is 1. The van der Waals surface area contributed by atoms with Crippen molar-refractivity contribution in [2.24, 2.45) is 0 Å². The van der Waals surface area contributed by atoms with Crippen molar-refractivity contribution in [2.75, 3.05) is 18.9 Å². The van der Waals surface area contributed by atoms with E-state index in [0.29, 0.717) is 35.4 Å². The van der Waals surface area contributed by atoms with Crippen LogP contribution in [-0.2, 0) is 11.3 Å². The molecule has 1 heterocycles. The molecule has 3 rings (SSSR count). The van der Waals surface area contributed by atoms with Crippen molar-refractivity contribution in [3.8, 4) is 0 Å². The van der Waals surface area contributed by atoms with E-state index >= 15 is 0 Å².